The van der Waals surface area contributed by atoms with Crippen LogP contribution in [0.4, 0.5) is 0 Å². The molecule has 0 fully saturated rings. The summed E-state index contributed by atoms with van der Waals surface area (Å²) < 4.78 is 63.9. The third kappa shape index (κ3) is 2.71. The van der Waals surface area contributed by atoms with Gasteiger partial charge in [-0.3, -0.25) is 0 Å². The van der Waals surface area contributed by atoms with Crippen LogP contribution < -0.4 is 4.74 Å². The summed E-state index contributed by atoms with van der Waals surface area (Å²) in [6, 6.07) is -1.10. The number of nitriles is 1. The molecule has 0 spiro atoms. The maximum atomic E-state index is 11.4. The first-order valence-corrected chi connectivity index (χ1v) is 3.79. The molecule has 1 unspecified atom stereocenters. The fourth-order valence-corrected chi connectivity index (χ4v) is 0.805. The summed E-state index contributed by atoms with van der Waals surface area (Å²) >= 11 is 0. The van der Waals surface area contributed by atoms with Gasteiger partial charge in [0.15, 0.2) is 0 Å². The standard InChI is InChI=1S/C11H11NO3/c1-7(2)15-10-4-3-8(11(13)14)5-9(10)6-12/h3-5,7H,1-2H3,(H,13,14)/i1D3,3D,4D,5D,7D/hD. The Kier molecular flexibility index (Phi) is 1.26. The number of hydrogen-bond donors (Lipinski definition) is 1. The van der Waals surface area contributed by atoms with Gasteiger partial charge in [-0.05, 0) is 31.9 Å². The van der Waals surface area contributed by atoms with Crippen LogP contribution in [-0.2, 0) is 0 Å². The van der Waals surface area contributed by atoms with Gasteiger partial charge in [0.05, 0.1) is 22.7 Å². The van der Waals surface area contributed by atoms with Crippen LogP contribution in [0.15, 0.2) is 18.1 Å². The van der Waals surface area contributed by atoms with E-state index in [1.165, 1.54) is 6.07 Å². The summed E-state index contributed by atoms with van der Waals surface area (Å²) in [6.07, 6.45) is -2.55. The van der Waals surface area contributed by atoms with E-state index in [0.29, 0.717) is 0 Å². The highest BCUT2D eigenvalue weighted by molar-refractivity contribution is 5.88. The molecule has 78 valence electrons. The lowest BCUT2D eigenvalue weighted by Crippen LogP contribution is -2.07. The van der Waals surface area contributed by atoms with Gasteiger partial charge in [-0.1, -0.05) is 0 Å². The lowest BCUT2D eigenvalue weighted by molar-refractivity contribution is 0.0697. The molecule has 0 aliphatic heterocycles. The van der Waals surface area contributed by atoms with Crippen LogP contribution in [0.1, 0.15) is 39.3 Å². The zero-order valence-electron chi connectivity index (χ0n) is 15.7. The number of benzene rings is 1. The molecular formula is C11H11NO3. The topological polar surface area (TPSA) is 70.3 Å². The molecule has 1 aromatic rings. The molecule has 0 bridgehead atoms. The van der Waals surface area contributed by atoms with E-state index in [-0.39, 0.29) is 0 Å². The van der Waals surface area contributed by atoms with Crippen molar-refractivity contribution in [3.05, 3.63) is 29.3 Å². The Hall–Kier alpha value is -2.02. The number of hydrogen-bond acceptors (Lipinski definition) is 4. The van der Waals surface area contributed by atoms with Crippen molar-refractivity contribution in [3.8, 4) is 11.8 Å². The molecule has 1 N–H and O–H groups in total. The van der Waals surface area contributed by atoms with Crippen LogP contribution in [0.3, 0.4) is 0 Å². The fraction of sp³-hybridized carbons (Fsp3) is 0.273. The Bertz CT molecular complexity index is 692. The van der Waals surface area contributed by atoms with Gasteiger partial charge < -0.3 is 9.85 Å². The molecule has 0 aromatic heterocycles. The first-order chi connectivity index (χ1) is 10.4. The average Bonchev–Trinajstić information content (AvgIpc) is 2.43. The van der Waals surface area contributed by atoms with Crippen molar-refractivity contribution in [1.82, 2.24) is 0 Å². The summed E-state index contributed by atoms with van der Waals surface area (Å²) in [7, 11) is 0. The van der Waals surface area contributed by atoms with Crippen molar-refractivity contribution in [2.45, 2.75) is 19.9 Å². The molecular weight excluding hydrogens is 194 g/mol. The highest BCUT2D eigenvalue weighted by atomic mass is 16.5. The van der Waals surface area contributed by atoms with E-state index in [1.807, 2.05) is 0 Å². The molecule has 0 aliphatic rings. The second kappa shape index (κ2) is 4.47. The number of nitrogens with zero attached hydrogens (tertiary/aromatic N) is 1. The number of aromatic carboxylic acids is 1. The molecule has 1 rings (SSSR count). The molecule has 1 aromatic carbocycles. The molecule has 15 heavy (non-hydrogen) atoms. The zero-order valence-corrected chi connectivity index (χ0v) is 7.67. The molecule has 4 nitrogen and oxygen atoms in total. The molecule has 0 saturated heterocycles. The molecule has 0 saturated carbocycles. The van der Waals surface area contributed by atoms with E-state index in [9.17, 15) is 4.79 Å². The van der Waals surface area contributed by atoms with Crippen molar-refractivity contribution >= 4 is 5.97 Å². The Labute approximate surface area is 99.0 Å². The van der Waals surface area contributed by atoms with E-state index < -0.39 is 53.9 Å². The van der Waals surface area contributed by atoms with Gasteiger partial charge >= 0.3 is 5.97 Å². The lowest BCUT2D eigenvalue weighted by atomic mass is 10.1. The van der Waals surface area contributed by atoms with E-state index in [0.717, 1.165) is 6.92 Å². The summed E-state index contributed by atoms with van der Waals surface area (Å²) in [5, 5.41) is 12.8. The Morgan fingerprint density at radius 3 is 3.33 bits per heavy atom. The highest BCUT2D eigenvalue weighted by Gasteiger charge is 2.09. The van der Waals surface area contributed by atoms with Gasteiger partial charge in [0, 0.05) is 4.11 Å². The van der Waals surface area contributed by atoms with Gasteiger partial charge in [-0.25, -0.2) is 4.79 Å². The van der Waals surface area contributed by atoms with Gasteiger partial charge in [0.1, 0.15) is 11.8 Å². The molecule has 0 heterocycles. The second-order valence-corrected chi connectivity index (χ2v) is 2.51. The minimum absolute atomic E-state index is 0.700. The number of ether oxygens (including phenoxy) is 1. The predicted molar refractivity (Wildman–Crippen MR) is 53.9 cm³/mol. The van der Waals surface area contributed by atoms with Gasteiger partial charge in [-0.15, -0.1) is 0 Å². The smallest absolute Gasteiger partial charge is 0.335 e. The van der Waals surface area contributed by atoms with Gasteiger partial charge in [0.25, 0.3) is 1.43 Å². The third-order valence-electron chi connectivity index (χ3n) is 1.35. The van der Waals surface area contributed by atoms with E-state index in [2.05, 4.69) is 5.11 Å². The van der Waals surface area contributed by atoms with E-state index in [1.54, 1.807) is 0 Å². The van der Waals surface area contributed by atoms with E-state index in [4.69, 9.17) is 21.0 Å². The minimum Gasteiger partial charge on any atom is -0.490 e. The fourth-order valence-electron chi connectivity index (χ4n) is 0.805. The largest absolute Gasteiger partial charge is 0.490 e. The van der Waals surface area contributed by atoms with Crippen LogP contribution in [0.2, 0.25) is 0 Å². The van der Waals surface area contributed by atoms with Crippen LogP contribution in [0.5, 0.6) is 5.75 Å². The summed E-state index contributed by atoms with van der Waals surface area (Å²) in [6.45, 7) is -2.06. The van der Waals surface area contributed by atoms with Crippen molar-refractivity contribution in [1.29, 1.82) is 6.69 Å². The minimum atomic E-state index is -2.94. The van der Waals surface area contributed by atoms with Crippen molar-refractivity contribution < 1.29 is 24.2 Å². The van der Waals surface area contributed by atoms with Crippen LogP contribution >= 0.6 is 0 Å². The molecule has 0 amide bonds. The Morgan fingerprint density at radius 2 is 2.73 bits per heavy atom. The van der Waals surface area contributed by atoms with Crippen LogP contribution in [0.25, 0.3) is 1.43 Å². The van der Waals surface area contributed by atoms with Crippen molar-refractivity contribution in [3.63, 3.8) is 0 Å². The highest BCUT2D eigenvalue weighted by Crippen LogP contribution is 2.20. The first kappa shape index (κ1) is 4.23. The normalized spacial score (nSPS) is 21.9. The summed E-state index contributed by atoms with van der Waals surface area (Å²) in [5.74, 6) is -2.18. The first-order valence-electron chi connectivity index (χ1n) is 7.70. The monoisotopic (exact) mass is 213 g/mol. The zero-order chi connectivity index (χ0) is 18.2. The lowest BCUT2D eigenvalue weighted by Gasteiger charge is -2.11. The van der Waals surface area contributed by atoms with Crippen LogP contribution in [-0.4, -0.2) is 17.2 Å². The number of carboxylic acids is 1. The Balaban J connectivity index is 3.65. The predicted octanol–water partition coefficient (Wildman–Crippen LogP) is 2.04. The Morgan fingerprint density at radius 1 is 1.93 bits per heavy atom. The SMILES string of the molecule is [2H]OC(=O)c1c([2H])c([2H])c(OC([2H])(C)C([2H])([2H])[2H])c(C#N)c1[2H]. The van der Waals surface area contributed by atoms with Crippen molar-refractivity contribution in [2.24, 2.45) is 0 Å². The maximum Gasteiger partial charge on any atom is 0.335 e. The molecule has 0 radical (unpaired) electrons. The average molecular weight is 213 g/mol. The number of carboxylic acid groups (broad SMARTS) is 1. The second-order valence-electron chi connectivity index (χ2n) is 2.51. The summed E-state index contributed by atoms with van der Waals surface area (Å²) in [4.78, 5) is 11.4. The summed E-state index contributed by atoms with van der Waals surface area (Å²) in [5.41, 5.74) is -1.50. The quantitative estimate of drug-likeness (QED) is 0.834. The maximum absolute atomic E-state index is 11.4. The number of carbonyl (C=O) groups is 1. The van der Waals surface area contributed by atoms with Gasteiger partial charge in [0.2, 0.25) is 0 Å². The van der Waals surface area contributed by atoms with E-state index >= 15 is 0 Å². The molecule has 1 atom stereocenters. The number of rotatable bonds is 3. The van der Waals surface area contributed by atoms with Crippen molar-refractivity contribution in [2.75, 3.05) is 0 Å². The van der Waals surface area contributed by atoms with Gasteiger partial charge in [-0.2, -0.15) is 5.26 Å². The van der Waals surface area contributed by atoms with Crippen LogP contribution in [0, 0.1) is 11.3 Å². The molecule has 4 heteroatoms. The third-order valence-corrected chi connectivity index (χ3v) is 1.35. The molecule has 0 aliphatic carbocycles.